The third-order valence-corrected chi connectivity index (χ3v) is 5.57. The van der Waals surface area contributed by atoms with Crippen molar-refractivity contribution in [1.29, 1.82) is 0 Å². The van der Waals surface area contributed by atoms with Gasteiger partial charge in [0.2, 0.25) is 5.91 Å². The zero-order valence-corrected chi connectivity index (χ0v) is 17.3. The molecule has 1 fully saturated rings. The summed E-state index contributed by atoms with van der Waals surface area (Å²) in [4.78, 5) is 26.5. The molecule has 0 aliphatic carbocycles. The van der Waals surface area contributed by atoms with Crippen molar-refractivity contribution in [3.8, 4) is 11.1 Å². The second kappa shape index (κ2) is 8.71. The van der Waals surface area contributed by atoms with Crippen molar-refractivity contribution in [3.63, 3.8) is 0 Å². The first-order valence-corrected chi connectivity index (χ1v) is 10.2. The van der Waals surface area contributed by atoms with Gasteiger partial charge in [-0.05, 0) is 43.0 Å². The molecule has 4 rings (SSSR count). The molecular formula is C24H26N2O4. The minimum absolute atomic E-state index is 0.0281. The predicted octanol–water partition coefficient (Wildman–Crippen LogP) is 3.50. The number of nitrogens with one attached hydrogen (secondary N) is 1. The molecule has 6 nitrogen and oxygen atoms in total. The van der Waals surface area contributed by atoms with Crippen LogP contribution in [0.3, 0.4) is 0 Å². The lowest BCUT2D eigenvalue weighted by Crippen LogP contribution is -2.43. The first-order valence-electron chi connectivity index (χ1n) is 10.2. The van der Waals surface area contributed by atoms with Crippen LogP contribution in [-0.2, 0) is 9.53 Å². The van der Waals surface area contributed by atoms with Crippen LogP contribution in [0.5, 0.6) is 0 Å². The Bertz CT molecular complexity index is 1120. The van der Waals surface area contributed by atoms with Crippen molar-refractivity contribution in [2.75, 3.05) is 31.7 Å². The van der Waals surface area contributed by atoms with Crippen molar-refractivity contribution in [2.24, 2.45) is 0 Å². The lowest BCUT2D eigenvalue weighted by molar-refractivity contribution is -0.121. The number of fused-ring (bicyclic) bond motifs is 1. The van der Waals surface area contributed by atoms with E-state index in [-0.39, 0.29) is 18.5 Å². The Labute approximate surface area is 175 Å². The van der Waals surface area contributed by atoms with Crippen LogP contribution in [0.15, 0.2) is 57.7 Å². The molecule has 30 heavy (non-hydrogen) atoms. The van der Waals surface area contributed by atoms with Crippen LogP contribution in [0.4, 0.5) is 5.69 Å². The van der Waals surface area contributed by atoms with E-state index < -0.39 is 5.63 Å². The summed E-state index contributed by atoms with van der Waals surface area (Å²) in [6.07, 6.45) is 1.69. The number of hydrogen-bond donors (Lipinski definition) is 1. The molecule has 0 spiro atoms. The molecule has 156 valence electrons. The van der Waals surface area contributed by atoms with Crippen molar-refractivity contribution < 1.29 is 13.9 Å². The zero-order chi connectivity index (χ0) is 21.1. The van der Waals surface area contributed by atoms with Crippen LogP contribution >= 0.6 is 0 Å². The van der Waals surface area contributed by atoms with Gasteiger partial charge in [0.1, 0.15) is 5.58 Å². The molecule has 0 unspecified atom stereocenters. The SMILES string of the molecule is Cc1ccccc1-c1cc(=O)oc2cc(N(C)CC(=O)NC3CCOCC3)ccc12. The van der Waals surface area contributed by atoms with Gasteiger partial charge in [0.25, 0.3) is 0 Å². The third-order valence-electron chi connectivity index (χ3n) is 5.57. The maximum atomic E-state index is 12.4. The van der Waals surface area contributed by atoms with Crippen LogP contribution in [0, 0.1) is 6.92 Å². The average Bonchev–Trinajstić information content (AvgIpc) is 2.73. The number of ether oxygens (including phenoxy) is 1. The van der Waals surface area contributed by atoms with Gasteiger partial charge in [-0.1, -0.05) is 24.3 Å². The number of carbonyl (C=O) groups excluding carboxylic acids is 1. The maximum Gasteiger partial charge on any atom is 0.336 e. The Balaban J connectivity index is 1.58. The third kappa shape index (κ3) is 4.39. The Morgan fingerprint density at radius 2 is 1.87 bits per heavy atom. The summed E-state index contributed by atoms with van der Waals surface area (Å²) in [5, 5.41) is 3.94. The van der Waals surface area contributed by atoms with E-state index in [2.05, 4.69) is 5.32 Å². The topological polar surface area (TPSA) is 71.8 Å². The number of carbonyl (C=O) groups is 1. The standard InChI is InChI=1S/C24H26N2O4/c1-16-5-3-4-6-19(16)21-14-24(28)30-22-13-18(7-8-20(21)22)26(2)15-23(27)25-17-9-11-29-12-10-17/h3-8,13-14,17H,9-12,15H2,1-2H3,(H,25,27). The quantitative estimate of drug-likeness (QED) is 0.657. The highest BCUT2D eigenvalue weighted by molar-refractivity contribution is 5.95. The smallest absolute Gasteiger partial charge is 0.336 e. The van der Waals surface area contributed by atoms with Gasteiger partial charge in [0.05, 0.1) is 6.54 Å². The summed E-state index contributed by atoms with van der Waals surface area (Å²) >= 11 is 0. The lowest BCUT2D eigenvalue weighted by atomic mass is 9.98. The van der Waals surface area contributed by atoms with E-state index in [4.69, 9.17) is 9.15 Å². The fourth-order valence-corrected chi connectivity index (χ4v) is 3.91. The summed E-state index contributed by atoms with van der Waals surface area (Å²) in [5.74, 6) is -0.0281. The van der Waals surface area contributed by atoms with Crippen LogP contribution in [0.25, 0.3) is 22.1 Å². The highest BCUT2D eigenvalue weighted by Crippen LogP contribution is 2.31. The fraction of sp³-hybridized carbons (Fsp3) is 0.333. The van der Waals surface area contributed by atoms with Crippen LogP contribution in [0.2, 0.25) is 0 Å². The number of amides is 1. The molecule has 0 atom stereocenters. The molecule has 1 aliphatic heterocycles. The number of anilines is 1. The minimum Gasteiger partial charge on any atom is -0.423 e. The molecule has 1 aromatic heterocycles. The average molecular weight is 406 g/mol. The Morgan fingerprint density at radius 1 is 1.10 bits per heavy atom. The number of likely N-dealkylation sites (N-methyl/N-ethyl adjacent to an activating group) is 1. The Kier molecular flexibility index (Phi) is 5.86. The molecule has 3 aromatic rings. The summed E-state index contributed by atoms with van der Waals surface area (Å²) in [6.45, 7) is 3.63. The summed E-state index contributed by atoms with van der Waals surface area (Å²) in [6, 6.07) is 15.4. The van der Waals surface area contributed by atoms with E-state index in [0.717, 1.165) is 40.6 Å². The largest absolute Gasteiger partial charge is 0.423 e. The monoisotopic (exact) mass is 406 g/mol. The molecule has 0 radical (unpaired) electrons. The summed E-state index contributed by atoms with van der Waals surface area (Å²) < 4.78 is 10.8. The molecule has 6 heteroatoms. The Morgan fingerprint density at radius 3 is 2.63 bits per heavy atom. The van der Waals surface area contributed by atoms with Crippen molar-refractivity contribution in [2.45, 2.75) is 25.8 Å². The molecule has 2 heterocycles. The van der Waals surface area contributed by atoms with E-state index in [0.29, 0.717) is 18.8 Å². The molecule has 2 aromatic carbocycles. The van der Waals surface area contributed by atoms with Crippen LogP contribution in [-0.4, -0.2) is 38.8 Å². The Hall–Kier alpha value is -3.12. The van der Waals surface area contributed by atoms with Gasteiger partial charge in [-0.15, -0.1) is 0 Å². The molecule has 0 bridgehead atoms. The van der Waals surface area contributed by atoms with Gasteiger partial charge in [0.15, 0.2) is 0 Å². The van der Waals surface area contributed by atoms with E-state index in [1.807, 2.05) is 61.3 Å². The maximum absolute atomic E-state index is 12.4. The zero-order valence-electron chi connectivity index (χ0n) is 17.3. The predicted molar refractivity (Wildman–Crippen MR) is 118 cm³/mol. The van der Waals surface area contributed by atoms with E-state index >= 15 is 0 Å². The van der Waals surface area contributed by atoms with Crippen molar-refractivity contribution >= 4 is 22.6 Å². The summed E-state index contributed by atoms with van der Waals surface area (Å²) in [5.41, 5.74) is 3.89. The van der Waals surface area contributed by atoms with Crippen LogP contribution < -0.4 is 15.8 Å². The fourth-order valence-electron chi connectivity index (χ4n) is 3.91. The van der Waals surface area contributed by atoms with Gasteiger partial charge < -0.3 is 19.4 Å². The van der Waals surface area contributed by atoms with E-state index in [9.17, 15) is 9.59 Å². The normalized spacial score (nSPS) is 14.6. The van der Waals surface area contributed by atoms with Gasteiger partial charge in [-0.2, -0.15) is 0 Å². The number of rotatable bonds is 5. The van der Waals surface area contributed by atoms with Crippen molar-refractivity contribution in [3.05, 3.63) is 64.5 Å². The van der Waals surface area contributed by atoms with E-state index in [1.165, 1.54) is 6.07 Å². The number of benzene rings is 2. The minimum atomic E-state index is -0.391. The van der Waals surface area contributed by atoms with Gasteiger partial charge in [0, 0.05) is 55.1 Å². The highest BCUT2D eigenvalue weighted by atomic mass is 16.5. The number of nitrogens with zero attached hydrogens (tertiary/aromatic N) is 1. The van der Waals surface area contributed by atoms with Crippen molar-refractivity contribution in [1.82, 2.24) is 5.32 Å². The lowest BCUT2D eigenvalue weighted by Gasteiger charge is -2.25. The first kappa shape index (κ1) is 20.2. The second-order valence-corrected chi connectivity index (χ2v) is 7.78. The molecule has 1 N–H and O–H groups in total. The molecule has 1 aliphatic rings. The van der Waals surface area contributed by atoms with Gasteiger partial charge in [-0.25, -0.2) is 4.79 Å². The molecular weight excluding hydrogens is 380 g/mol. The molecule has 0 saturated carbocycles. The van der Waals surface area contributed by atoms with Crippen LogP contribution in [0.1, 0.15) is 18.4 Å². The van der Waals surface area contributed by atoms with Gasteiger partial charge >= 0.3 is 5.63 Å². The molecule has 1 amide bonds. The number of hydrogen-bond acceptors (Lipinski definition) is 5. The summed E-state index contributed by atoms with van der Waals surface area (Å²) in [7, 11) is 1.86. The van der Waals surface area contributed by atoms with Gasteiger partial charge in [-0.3, -0.25) is 4.79 Å². The van der Waals surface area contributed by atoms with E-state index in [1.54, 1.807) is 0 Å². The highest BCUT2D eigenvalue weighted by Gasteiger charge is 2.18. The molecule has 1 saturated heterocycles. The number of aryl methyl sites for hydroxylation is 1. The second-order valence-electron chi connectivity index (χ2n) is 7.78. The first-order chi connectivity index (χ1) is 14.5.